The molecule has 1 aromatic carbocycles. The van der Waals surface area contributed by atoms with E-state index < -0.39 is 0 Å². The third kappa shape index (κ3) is 0.915. The molecule has 4 bridgehead atoms. The van der Waals surface area contributed by atoms with Crippen LogP contribution in [0.5, 0.6) is 11.5 Å². The number of aromatic hydroxyl groups is 1. The molecule has 1 aromatic rings. The molecule has 4 nitrogen and oxygen atoms in total. The second kappa shape index (κ2) is 3.08. The van der Waals surface area contributed by atoms with Crippen molar-refractivity contribution in [3.63, 3.8) is 0 Å². The fourth-order valence-corrected chi connectivity index (χ4v) is 6.31. The van der Waals surface area contributed by atoms with Crippen molar-refractivity contribution < 1.29 is 14.6 Å². The Bertz CT molecular complexity index is 689. The summed E-state index contributed by atoms with van der Waals surface area (Å²) in [4.78, 5) is 2.49. The van der Waals surface area contributed by atoms with E-state index >= 15 is 0 Å². The molecule has 0 aromatic heterocycles. The quantitative estimate of drug-likeness (QED) is 0.786. The number of rotatable bonds is 0. The van der Waals surface area contributed by atoms with Gasteiger partial charge in [-0.3, -0.25) is 0 Å². The van der Waals surface area contributed by atoms with Gasteiger partial charge in [0, 0.05) is 11.6 Å². The summed E-state index contributed by atoms with van der Waals surface area (Å²) in [6.07, 6.45) is 4.66. The highest BCUT2D eigenvalue weighted by Crippen LogP contribution is 2.71. The van der Waals surface area contributed by atoms with Gasteiger partial charge in [-0.05, 0) is 50.9 Å². The topological polar surface area (TPSA) is 41.9 Å². The van der Waals surface area contributed by atoms with Crippen molar-refractivity contribution in [1.29, 1.82) is 0 Å². The smallest absolute Gasteiger partial charge is 0.165 e. The third-order valence-electron chi connectivity index (χ3n) is 7.00. The van der Waals surface area contributed by atoms with Crippen LogP contribution in [0.25, 0.3) is 0 Å². The molecule has 3 fully saturated rings. The number of phenolic OH excluding ortho intramolecular Hbond substituents is 1. The van der Waals surface area contributed by atoms with Gasteiger partial charge in [-0.15, -0.1) is 0 Å². The molecule has 5 aliphatic rings. The van der Waals surface area contributed by atoms with Crippen LogP contribution in [-0.2, 0) is 16.6 Å². The summed E-state index contributed by atoms with van der Waals surface area (Å²) in [5, 5.41) is 10.3. The van der Waals surface area contributed by atoms with Crippen LogP contribution in [0.1, 0.15) is 30.4 Å². The molecular weight excluding hydrogens is 266 g/mol. The van der Waals surface area contributed by atoms with Crippen LogP contribution in [-0.4, -0.2) is 47.4 Å². The first-order chi connectivity index (χ1) is 10.2. The van der Waals surface area contributed by atoms with Crippen LogP contribution in [0.2, 0.25) is 0 Å². The van der Waals surface area contributed by atoms with Crippen molar-refractivity contribution in [3.8, 4) is 11.5 Å². The molecule has 4 heteroatoms. The summed E-state index contributed by atoms with van der Waals surface area (Å²) in [6, 6.07) is 4.36. The average molecular weight is 285 g/mol. The molecule has 110 valence electrons. The van der Waals surface area contributed by atoms with Gasteiger partial charge < -0.3 is 19.5 Å². The fraction of sp³-hybridized carbons (Fsp3) is 0.647. The number of likely N-dealkylation sites (N-methyl/N-ethyl adjacent to an activating group) is 1. The zero-order valence-corrected chi connectivity index (χ0v) is 12.1. The Morgan fingerprint density at radius 2 is 2.24 bits per heavy atom. The third-order valence-corrected chi connectivity index (χ3v) is 7.00. The number of hydrogen-bond donors (Lipinski definition) is 1. The molecule has 0 saturated carbocycles. The lowest BCUT2D eigenvalue weighted by molar-refractivity contribution is -0.115. The van der Waals surface area contributed by atoms with Crippen LogP contribution in [0.4, 0.5) is 0 Å². The maximum Gasteiger partial charge on any atom is 0.165 e. The number of nitrogens with zero attached hydrogens (tertiary/aromatic N) is 1. The Kier molecular flexibility index (Phi) is 1.66. The van der Waals surface area contributed by atoms with Crippen LogP contribution in [0, 0.1) is 0 Å². The van der Waals surface area contributed by atoms with E-state index in [4.69, 9.17) is 9.47 Å². The van der Waals surface area contributed by atoms with E-state index in [1.807, 2.05) is 6.07 Å². The minimum Gasteiger partial charge on any atom is -0.504 e. The molecule has 6 rings (SSSR count). The average Bonchev–Trinajstić information content (AvgIpc) is 3.11. The van der Waals surface area contributed by atoms with Gasteiger partial charge in [0.25, 0.3) is 0 Å². The van der Waals surface area contributed by atoms with Gasteiger partial charge in [-0.2, -0.15) is 0 Å². The Morgan fingerprint density at radius 3 is 3.14 bits per heavy atom. The minimum absolute atomic E-state index is 0.00521. The highest BCUT2D eigenvalue weighted by Gasteiger charge is 2.79. The summed E-state index contributed by atoms with van der Waals surface area (Å²) < 4.78 is 12.9. The summed E-state index contributed by atoms with van der Waals surface area (Å²) in [5.74, 6) is 1.07. The molecule has 0 unspecified atom stereocenters. The first kappa shape index (κ1) is 11.3. The van der Waals surface area contributed by atoms with Crippen molar-refractivity contribution >= 4 is 0 Å². The first-order valence-electron chi connectivity index (χ1n) is 8.07. The maximum absolute atomic E-state index is 10.3. The van der Waals surface area contributed by atoms with Gasteiger partial charge in [0.1, 0.15) is 6.10 Å². The number of ether oxygens (including phenoxy) is 2. The van der Waals surface area contributed by atoms with Crippen molar-refractivity contribution in [3.05, 3.63) is 23.3 Å². The largest absolute Gasteiger partial charge is 0.504 e. The summed E-state index contributed by atoms with van der Waals surface area (Å²) in [6.45, 7) is 1.09. The number of piperidine rings is 1. The van der Waals surface area contributed by atoms with Crippen molar-refractivity contribution in [2.75, 3.05) is 13.6 Å². The standard InChI is InChI=1S/C17H19NO3/c1-18-7-6-16-13-9-2-3-10(19)14(13)20-15(16)11-4-5-17(16,21-11)12(18)8-9/h2-3,11-12,15,19H,4-8H2,1H3/t11-,12-,15+,16+,17-/m1/s1. The lowest BCUT2D eigenvalue weighted by Gasteiger charge is -2.58. The monoisotopic (exact) mass is 285 g/mol. The maximum atomic E-state index is 10.3. The van der Waals surface area contributed by atoms with Crippen LogP contribution in [0.15, 0.2) is 12.1 Å². The first-order valence-corrected chi connectivity index (χ1v) is 8.07. The predicted octanol–water partition coefficient (Wildman–Crippen LogP) is 1.58. The van der Waals surface area contributed by atoms with E-state index in [1.54, 1.807) is 0 Å². The Balaban J connectivity index is 1.74. The van der Waals surface area contributed by atoms with E-state index in [2.05, 4.69) is 18.0 Å². The molecule has 5 atom stereocenters. The van der Waals surface area contributed by atoms with Crippen molar-refractivity contribution in [2.45, 2.75) is 54.9 Å². The highest BCUT2D eigenvalue weighted by molar-refractivity contribution is 5.63. The highest BCUT2D eigenvalue weighted by atomic mass is 16.6. The zero-order valence-electron chi connectivity index (χ0n) is 12.1. The number of likely N-dealkylation sites (tertiary alicyclic amines) is 1. The van der Waals surface area contributed by atoms with E-state index in [1.165, 1.54) is 11.1 Å². The Labute approximate surface area is 123 Å². The lowest BCUT2D eigenvalue weighted by Crippen LogP contribution is -2.70. The number of fused-ring (bicyclic) bond motifs is 2. The van der Waals surface area contributed by atoms with E-state index in [0.717, 1.165) is 38.0 Å². The number of hydrogen-bond acceptors (Lipinski definition) is 4. The Hall–Kier alpha value is -1.26. The molecule has 1 aliphatic carbocycles. The fourth-order valence-electron chi connectivity index (χ4n) is 6.31. The van der Waals surface area contributed by atoms with Gasteiger partial charge >= 0.3 is 0 Å². The Morgan fingerprint density at radius 1 is 1.33 bits per heavy atom. The second-order valence-corrected chi connectivity index (χ2v) is 7.49. The normalized spacial score (nSPS) is 48.3. The van der Waals surface area contributed by atoms with Gasteiger partial charge in [-0.1, -0.05) is 6.07 Å². The molecule has 3 saturated heterocycles. The van der Waals surface area contributed by atoms with Crippen molar-refractivity contribution in [2.24, 2.45) is 0 Å². The molecule has 0 amide bonds. The van der Waals surface area contributed by atoms with Gasteiger partial charge in [0.15, 0.2) is 11.5 Å². The van der Waals surface area contributed by atoms with Gasteiger partial charge in [0.05, 0.1) is 17.1 Å². The van der Waals surface area contributed by atoms with Crippen LogP contribution < -0.4 is 4.74 Å². The molecule has 0 radical (unpaired) electrons. The molecule has 2 spiro atoms. The number of benzene rings is 1. The lowest BCUT2D eigenvalue weighted by atomic mass is 9.51. The van der Waals surface area contributed by atoms with Gasteiger partial charge in [0.2, 0.25) is 0 Å². The summed E-state index contributed by atoms with van der Waals surface area (Å²) >= 11 is 0. The van der Waals surface area contributed by atoms with E-state index in [0.29, 0.717) is 11.8 Å². The summed E-state index contributed by atoms with van der Waals surface area (Å²) in [7, 11) is 2.23. The molecule has 4 aliphatic heterocycles. The minimum atomic E-state index is -0.0820. The zero-order chi connectivity index (χ0) is 14.0. The number of phenols is 1. The molecule has 4 heterocycles. The molecule has 1 N–H and O–H groups in total. The SMILES string of the molecule is CN1CC[C@]23c4c5ccc(O)c4O[C@H]2[C@H]2CC[C@@]3(O2)[C@H]1C5. The molecular formula is C17H19NO3. The van der Waals surface area contributed by atoms with E-state index in [9.17, 15) is 5.11 Å². The van der Waals surface area contributed by atoms with Crippen LogP contribution in [0.3, 0.4) is 0 Å². The van der Waals surface area contributed by atoms with Crippen molar-refractivity contribution in [1.82, 2.24) is 4.90 Å². The van der Waals surface area contributed by atoms with Crippen LogP contribution >= 0.6 is 0 Å². The van der Waals surface area contributed by atoms with E-state index in [-0.39, 0.29) is 23.2 Å². The predicted molar refractivity (Wildman–Crippen MR) is 75.8 cm³/mol. The van der Waals surface area contributed by atoms with Gasteiger partial charge in [-0.25, -0.2) is 0 Å². The second-order valence-electron chi connectivity index (χ2n) is 7.49. The summed E-state index contributed by atoms with van der Waals surface area (Å²) in [5.41, 5.74) is 2.57. The molecule has 21 heavy (non-hydrogen) atoms.